The van der Waals surface area contributed by atoms with Gasteiger partial charge in [-0.15, -0.1) is 0 Å². The highest BCUT2D eigenvalue weighted by molar-refractivity contribution is 5.91. The lowest BCUT2D eigenvalue weighted by Gasteiger charge is -2.31. The summed E-state index contributed by atoms with van der Waals surface area (Å²) in [6.07, 6.45) is -0.00189. The van der Waals surface area contributed by atoms with Gasteiger partial charge in [0.15, 0.2) is 5.60 Å². The van der Waals surface area contributed by atoms with E-state index in [9.17, 15) is 29.4 Å². The second-order valence-corrected chi connectivity index (χ2v) is 9.21. The topological polar surface area (TPSA) is 157 Å². The van der Waals surface area contributed by atoms with E-state index in [1.807, 2.05) is 0 Å². The van der Waals surface area contributed by atoms with Crippen LogP contribution in [0, 0.1) is 0 Å². The summed E-state index contributed by atoms with van der Waals surface area (Å²) in [5.74, 6) is -1.97. The fourth-order valence-corrected chi connectivity index (χ4v) is 5.10. The van der Waals surface area contributed by atoms with Gasteiger partial charge in [0.25, 0.3) is 5.56 Å². The fraction of sp³-hybridized carbons (Fsp3) is 0.346. The molecule has 1 unspecified atom stereocenters. The van der Waals surface area contributed by atoms with Crippen LogP contribution in [0.3, 0.4) is 0 Å². The molecule has 11 heteroatoms. The first-order valence-electron chi connectivity index (χ1n) is 11.8. The van der Waals surface area contributed by atoms with Gasteiger partial charge in [-0.05, 0) is 30.7 Å². The summed E-state index contributed by atoms with van der Waals surface area (Å²) >= 11 is 0. The number of hydrogen-bond donors (Lipinski definition) is 3. The normalized spacial score (nSPS) is 18.4. The maximum atomic E-state index is 13.4. The lowest BCUT2D eigenvalue weighted by molar-refractivity contribution is -0.172. The number of esters is 2. The molecule has 1 amide bonds. The Hall–Kier alpha value is -4.25. The number of cyclic esters (lactones) is 1. The van der Waals surface area contributed by atoms with Crippen LogP contribution < -0.4 is 10.9 Å². The molecule has 11 nitrogen and oxygen atoms in total. The standard InChI is InChI=1S/C26H25N3O8/c1-4-26(35)17-9-20-22-13(10-29(20)23(32)16(17)11-37-25(26)34)7-14-15(21(31)6-5-18(14)28-22)8-19(24(33)36-3)27-12(2)30/h5-7,9,19,31,35H,4,8,10-11H2,1-3H3,(H,27,30)/t19?,26-/m0/s1. The SMILES string of the molecule is CC[C@@]1(O)C(=O)OCc2c1cc1n(c2=O)Cc2cc3c(CC(NC(C)=O)C(=O)OC)c(O)ccc3nc2-1. The van der Waals surface area contributed by atoms with E-state index in [4.69, 9.17) is 14.5 Å². The van der Waals surface area contributed by atoms with E-state index in [-0.39, 0.29) is 48.4 Å². The zero-order valence-corrected chi connectivity index (χ0v) is 20.5. The third kappa shape index (κ3) is 3.73. The molecule has 1 aromatic carbocycles. The van der Waals surface area contributed by atoms with Crippen LogP contribution in [0.15, 0.2) is 29.1 Å². The molecule has 2 aliphatic rings. The average Bonchev–Trinajstić information content (AvgIpc) is 3.23. The van der Waals surface area contributed by atoms with E-state index >= 15 is 0 Å². The number of hydrogen-bond acceptors (Lipinski definition) is 9. The average molecular weight is 507 g/mol. The minimum Gasteiger partial charge on any atom is -0.508 e. The van der Waals surface area contributed by atoms with Crippen LogP contribution in [0.4, 0.5) is 0 Å². The molecule has 0 saturated carbocycles. The zero-order chi connectivity index (χ0) is 26.6. The zero-order valence-electron chi connectivity index (χ0n) is 20.5. The third-order valence-corrected chi connectivity index (χ3v) is 7.05. The number of carbonyl (C=O) groups excluding carboxylic acids is 3. The quantitative estimate of drug-likeness (QED) is 0.335. The molecule has 3 aromatic rings. The van der Waals surface area contributed by atoms with Crippen molar-refractivity contribution < 1.29 is 34.1 Å². The number of phenolic OH excluding ortho intramolecular Hbond substituents is 1. The van der Waals surface area contributed by atoms with Crippen molar-refractivity contribution in [2.75, 3.05) is 7.11 Å². The number of nitrogens with zero attached hydrogens (tertiary/aromatic N) is 2. The van der Waals surface area contributed by atoms with Crippen molar-refractivity contribution >= 4 is 28.7 Å². The van der Waals surface area contributed by atoms with Crippen molar-refractivity contribution in [3.05, 3.63) is 56.9 Å². The molecule has 2 atom stereocenters. The van der Waals surface area contributed by atoms with Crippen molar-refractivity contribution in [2.24, 2.45) is 0 Å². The Labute approximate surface area is 210 Å². The van der Waals surface area contributed by atoms with Crippen LogP contribution in [0.5, 0.6) is 5.75 Å². The van der Waals surface area contributed by atoms with Crippen LogP contribution in [0.1, 0.15) is 42.5 Å². The van der Waals surface area contributed by atoms with Crippen molar-refractivity contribution in [3.8, 4) is 17.1 Å². The van der Waals surface area contributed by atoms with Gasteiger partial charge in [-0.3, -0.25) is 9.59 Å². The second kappa shape index (κ2) is 8.70. The predicted molar refractivity (Wildman–Crippen MR) is 130 cm³/mol. The largest absolute Gasteiger partial charge is 0.508 e. The Morgan fingerprint density at radius 3 is 2.73 bits per heavy atom. The molecule has 5 rings (SSSR count). The number of carbonyl (C=O) groups is 3. The molecule has 37 heavy (non-hydrogen) atoms. The molecule has 0 bridgehead atoms. The Balaban J connectivity index is 1.65. The maximum Gasteiger partial charge on any atom is 0.343 e. The van der Waals surface area contributed by atoms with E-state index in [0.29, 0.717) is 33.4 Å². The van der Waals surface area contributed by atoms with E-state index in [1.54, 1.807) is 25.1 Å². The Kier molecular flexibility index (Phi) is 5.75. The first kappa shape index (κ1) is 24.4. The third-order valence-electron chi connectivity index (χ3n) is 7.05. The van der Waals surface area contributed by atoms with Gasteiger partial charge in [0.1, 0.15) is 18.4 Å². The molecule has 0 spiro atoms. The number of ether oxygens (including phenoxy) is 2. The summed E-state index contributed by atoms with van der Waals surface area (Å²) in [5, 5.41) is 24.7. The first-order chi connectivity index (χ1) is 17.6. The number of aliphatic hydroxyl groups is 1. The molecule has 2 aromatic heterocycles. The number of amides is 1. The monoisotopic (exact) mass is 507 g/mol. The van der Waals surface area contributed by atoms with Gasteiger partial charge >= 0.3 is 11.9 Å². The number of rotatable bonds is 5. The maximum absolute atomic E-state index is 13.4. The minimum atomic E-state index is -1.92. The number of methoxy groups -OCH3 is 1. The molecule has 0 saturated heterocycles. The van der Waals surface area contributed by atoms with Crippen LogP contribution in [-0.2, 0) is 49.0 Å². The molecule has 192 valence electrons. The summed E-state index contributed by atoms with van der Waals surface area (Å²) in [4.78, 5) is 54.4. The molecule has 3 N–H and O–H groups in total. The molecule has 0 fully saturated rings. The summed E-state index contributed by atoms with van der Waals surface area (Å²) in [5.41, 5.74) is 0.664. The number of aromatic nitrogens is 2. The Bertz CT molecular complexity index is 1560. The van der Waals surface area contributed by atoms with Gasteiger partial charge in [-0.25, -0.2) is 14.6 Å². The van der Waals surface area contributed by atoms with Gasteiger partial charge in [-0.2, -0.15) is 0 Å². The van der Waals surface area contributed by atoms with Gasteiger partial charge in [-0.1, -0.05) is 6.92 Å². The number of fused-ring (bicyclic) bond motifs is 5. The molecule has 2 aliphatic heterocycles. The highest BCUT2D eigenvalue weighted by Gasteiger charge is 2.45. The minimum absolute atomic E-state index is 0.0397. The van der Waals surface area contributed by atoms with Crippen LogP contribution in [-0.4, -0.2) is 50.8 Å². The van der Waals surface area contributed by atoms with Crippen LogP contribution in [0.2, 0.25) is 0 Å². The number of nitrogens with one attached hydrogen (secondary N) is 1. The Morgan fingerprint density at radius 2 is 2.05 bits per heavy atom. The smallest absolute Gasteiger partial charge is 0.343 e. The van der Waals surface area contributed by atoms with E-state index in [1.165, 1.54) is 24.7 Å². The van der Waals surface area contributed by atoms with Crippen LogP contribution >= 0.6 is 0 Å². The van der Waals surface area contributed by atoms with Crippen molar-refractivity contribution in [3.63, 3.8) is 0 Å². The number of pyridine rings is 2. The molecule has 4 heterocycles. The highest BCUT2D eigenvalue weighted by atomic mass is 16.6. The lowest BCUT2D eigenvalue weighted by Crippen LogP contribution is -2.44. The summed E-state index contributed by atoms with van der Waals surface area (Å²) < 4.78 is 11.4. The van der Waals surface area contributed by atoms with E-state index in [0.717, 1.165) is 0 Å². The molecular formula is C26H25N3O8. The van der Waals surface area contributed by atoms with Gasteiger partial charge < -0.3 is 29.6 Å². The van der Waals surface area contributed by atoms with Gasteiger partial charge in [0.05, 0.1) is 36.1 Å². The highest BCUT2D eigenvalue weighted by Crippen LogP contribution is 2.39. The molecular weight excluding hydrogens is 482 g/mol. The van der Waals surface area contributed by atoms with Crippen molar-refractivity contribution in [1.29, 1.82) is 0 Å². The summed E-state index contributed by atoms with van der Waals surface area (Å²) in [6, 6.07) is 5.44. The molecule has 0 radical (unpaired) electrons. The first-order valence-corrected chi connectivity index (χ1v) is 11.8. The Morgan fingerprint density at radius 1 is 1.30 bits per heavy atom. The second-order valence-electron chi connectivity index (χ2n) is 9.21. The van der Waals surface area contributed by atoms with Crippen molar-refractivity contribution in [1.82, 2.24) is 14.9 Å². The lowest BCUT2D eigenvalue weighted by atomic mass is 9.86. The predicted octanol–water partition coefficient (Wildman–Crippen LogP) is 1.01. The summed E-state index contributed by atoms with van der Waals surface area (Å²) in [6.45, 7) is 2.87. The fourth-order valence-electron chi connectivity index (χ4n) is 5.10. The van der Waals surface area contributed by atoms with E-state index < -0.39 is 29.5 Å². The van der Waals surface area contributed by atoms with Gasteiger partial charge in [0.2, 0.25) is 5.91 Å². The number of aromatic hydroxyl groups is 1. The number of benzene rings is 1. The summed E-state index contributed by atoms with van der Waals surface area (Å²) in [7, 11) is 1.21. The van der Waals surface area contributed by atoms with E-state index in [2.05, 4.69) is 5.32 Å². The van der Waals surface area contributed by atoms with Crippen LogP contribution in [0.25, 0.3) is 22.3 Å². The number of phenols is 1. The van der Waals surface area contributed by atoms with Crippen molar-refractivity contribution in [2.45, 2.75) is 51.5 Å². The van der Waals surface area contributed by atoms with Gasteiger partial charge in [0, 0.05) is 35.4 Å². The molecule has 0 aliphatic carbocycles.